The van der Waals surface area contributed by atoms with E-state index in [1.807, 2.05) is 62.4 Å². The second-order valence-electron chi connectivity index (χ2n) is 5.93. The summed E-state index contributed by atoms with van der Waals surface area (Å²) < 4.78 is 18.7. The van der Waals surface area contributed by atoms with Crippen LogP contribution in [0.25, 0.3) is 12.2 Å². The highest BCUT2D eigenvalue weighted by molar-refractivity contribution is 9.10. The van der Waals surface area contributed by atoms with Crippen molar-refractivity contribution in [2.45, 2.75) is 13.8 Å². The van der Waals surface area contributed by atoms with E-state index in [-0.39, 0.29) is 0 Å². The molecule has 2 aromatic rings. The average Bonchev–Trinajstić information content (AvgIpc) is 2.66. The van der Waals surface area contributed by atoms with E-state index in [1.165, 1.54) is 0 Å². The average molecular weight is 496 g/mol. The van der Waals surface area contributed by atoms with Gasteiger partial charge in [-0.25, -0.2) is 0 Å². The molecular weight excluding hydrogens is 472 g/mol. The molecule has 0 bridgehead atoms. The number of ether oxygens (including phenoxy) is 3. The van der Waals surface area contributed by atoms with Crippen molar-refractivity contribution in [3.63, 3.8) is 0 Å². The van der Waals surface area contributed by atoms with E-state index in [2.05, 4.69) is 31.9 Å². The van der Waals surface area contributed by atoms with Crippen molar-refractivity contribution < 1.29 is 14.2 Å². The molecule has 2 aromatic carbocycles. The summed E-state index contributed by atoms with van der Waals surface area (Å²) in [5.41, 5.74) is 4.24. The zero-order valence-electron chi connectivity index (χ0n) is 16.0. The predicted octanol–water partition coefficient (Wildman–Crippen LogP) is 6.59. The summed E-state index contributed by atoms with van der Waals surface area (Å²) in [5, 5.41) is 0. The molecule has 0 N–H and O–H groups in total. The molecule has 0 aromatic heterocycles. The van der Waals surface area contributed by atoms with Gasteiger partial charge in [0.25, 0.3) is 0 Å². The van der Waals surface area contributed by atoms with Crippen molar-refractivity contribution in [1.29, 1.82) is 0 Å². The summed E-state index contributed by atoms with van der Waals surface area (Å²) in [4.78, 5) is 0. The van der Waals surface area contributed by atoms with Gasteiger partial charge < -0.3 is 14.2 Å². The van der Waals surface area contributed by atoms with E-state index < -0.39 is 0 Å². The minimum atomic E-state index is 0.527. The summed E-state index contributed by atoms with van der Waals surface area (Å²) >= 11 is 7.04. The van der Waals surface area contributed by atoms with Gasteiger partial charge in [0.05, 0.1) is 27.4 Å². The van der Waals surface area contributed by atoms with Crippen LogP contribution in [0.2, 0.25) is 0 Å². The predicted molar refractivity (Wildman–Crippen MR) is 120 cm³/mol. The van der Waals surface area contributed by atoms with Crippen molar-refractivity contribution in [2.24, 2.45) is 0 Å². The third kappa shape index (κ3) is 5.71. The normalized spacial score (nSPS) is 11.5. The third-order valence-corrected chi connectivity index (χ3v) is 5.89. The standard InChI is InChI=1S/C22H24Br2O3/c1-15-19(23)11-9-17(21(15)25-3)7-5-13-27-14-6-8-18-10-12-20(24)16(2)22(18)26-4/h5-12H,13-14H2,1-4H3. The van der Waals surface area contributed by atoms with Gasteiger partial charge in [-0.15, -0.1) is 0 Å². The van der Waals surface area contributed by atoms with Crippen molar-refractivity contribution in [3.8, 4) is 11.5 Å². The molecule has 0 saturated heterocycles. The quantitative estimate of drug-likeness (QED) is 0.386. The molecule has 0 heterocycles. The number of hydrogen-bond acceptors (Lipinski definition) is 3. The van der Waals surface area contributed by atoms with Gasteiger partial charge >= 0.3 is 0 Å². The second-order valence-corrected chi connectivity index (χ2v) is 7.64. The van der Waals surface area contributed by atoms with Gasteiger partial charge in [0, 0.05) is 31.2 Å². The molecule has 27 heavy (non-hydrogen) atoms. The highest BCUT2D eigenvalue weighted by Crippen LogP contribution is 2.31. The number of methoxy groups -OCH3 is 2. The van der Waals surface area contributed by atoms with Crippen molar-refractivity contribution in [3.05, 3.63) is 67.6 Å². The first-order valence-electron chi connectivity index (χ1n) is 8.56. The number of benzene rings is 2. The summed E-state index contributed by atoms with van der Waals surface area (Å²) in [6.45, 7) is 5.11. The Morgan fingerprint density at radius 1 is 0.741 bits per heavy atom. The zero-order valence-corrected chi connectivity index (χ0v) is 19.2. The van der Waals surface area contributed by atoms with Crippen LogP contribution in [0.3, 0.4) is 0 Å². The molecule has 0 radical (unpaired) electrons. The fraction of sp³-hybridized carbons (Fsp3) is 0.273. The highest BCUT2D eigenvalue weighted by Gasteiger charge is 2.07. The van der Waals surface area contributed by atoms with Crippen LogP contribution in [0.1, 0.15) is 22.3 Å². The first-order chi connectivity index (χ1) is 13.0. The van der Waals surface area contributed by atoms with Gasteiger partial charge in [-0.2, -0.15) is 0 Å². The van der Waals surface area contributed by atoms with E-state index in [0.717, 1.165) is 42.7 Å². The molecule has 0 aliphatic rings. The smallest absolute Gasteiger partial charge is 0.130 e. The largest absolute Gasteiger partial charge is 0.496 e. The molecule has 0 spiro atoms. The van der Waals surface area contributed by atoms with Gasteiger partial charge in [0.1, 0.15) is 11.5 Å². The van der Waals surface area contributed by atoms with Crippen LogP contribution in [-0.2, 0) is 4.74 Å². The Balaban J connectivity index is 1.90. The Labute approximate surface area is 178 Å². The Kier molecular flexibility index (Phi) is 8.61. The van der Waals surface area contributed by atoms with Crippen LogP contribution in [0, 0.1) is 13.8 Å². The van der Waals surface area contributed by atoms with E-state index in [1.54, 1.807) is 14.2 Å². The lowest BCUT2D eigenvalue weighted by atomic mass is 10.1. The van der Waals surface area contributed by atoms with Crippen molar-refractivity contribution in [1.82, 2.24) is 0 Å². The fourth-order valence-corrected chi connectivity index (χ4v) is 3.36. The van der Waals surface area contributed by atoms with Crippen LogP contribution in [0.15, 0.2) is 45.4 Å². The number of halogens is 2. The molecule has 0 amide bonds. The first-order valence-corrected chi connectivity index (χ1v) is 10.1. The van der Waals surface area contributed by atoms with Crippen LogP contribution < -0.4 is 9.47 Å². The number of rotatable bonds is 8. The van der Waals surface area contributed by atoms with Gasteiger partial charge in [-0.05, 0) is 26.0 Å². The maximum Gasteiger partial charge on any atom is 0.130 e. The summed E-state index contributed by atoms with van der Waals surface area (Å²) in [6, 6.07) is 8.09. The lowest BCUT2D eigenvalue weighted by molar-refractivity contribution is 0.195. The molecule has 0 aliphatic carbocycles. The molecule has 144 valence electrons. The molecule has 0 unspecified atom stereocenters. The first kappa shape index (κ1) is 21.7. The molecular formula is C22H24Br2O3. The van der Waals surface area contributed by atoms with Gasteiger partial charge in [0.15, 0.2) is 0 Å². The summed E-state index contributed by atoms with van der Waals surface area (Å²) in [5.74, 6) is 1.75. The maximum atomic E-state index is 5.66. The maximum absolute atomic E-state index is 5.66. The highest BCUT2D eigenvalue weighted by atomic mass is 79.9. The SMILES string of the molecule is COc1c(C=CCOCC=Cc2ccc(Br)c(C)c2OC)ccc(Br)c1C. The molecule has 0 saturated carbocycles. The van der Waals surface area contributed by atoms with Gasteiger partial charge in [-0.1, -0.05) is 68.3 Å². The molecule has 3 nitrogen and oxygen atoms in total. The summed E-state index contributed by atoms with van der Waals surface area (Å²) in [7, 11) is 3.37. The molecule has 2 rings (SSSR count). The topological polar surface area (TPSA) is 27.7 Å². The van der Waals surface area contributed by atoms with Crippen molar-refractivity contribution in [2.75, 3.05) is 27.4 Å². The molecule has 0 fully saturated rings. The Morgan fingerprint density at radius 2 is 1.15 bits per heavy atom. The van der Waals surface area contributed by atoms with E-state index in [0.29, 0.717) is 13.2 Å². The van der Waals surface area contributed by atoms with Crippen LogP contribution in [0.5, 0.6) is 11.5 Å². The van der Waals surface area contributed by atoms with Crippen LogP contribution in [-0.4, -0.2) is 27.4 Å². The Morgan fingerprint density at radius 3 is 1.52 bits per heavy atom. The second kappa shape index (κ2) is 10.7. The van der Waals surface area contributed by atoms with E-state index >= 15 is 0 Å². The van der Waals surface area contributed by atoms with Gasteiger partial charge in [0.2, 0.25) is 0 Å². The lowest BCUT2D eigenvalue weighted by Crippen LogP contribution is -1.94. The number of hydrogen-bond donors (Lipinski definition) is 0. The molecule has 0 atom stereocenters. The monoisotopic (exact) mass is 494 g/mol. The lowest BCUT2D eigenvalue weighted by Gasteiger charge is -2.10. The zero-order chi connectivity index (χ0) is 19.8. The fourth-order valence-electron chi connectivity index (χ4n) is 2.74. The Hall–Kier alpha value is -1.56. The van der Waals surface area contributed by atoms with E-state index in [4.69, 9.17) is 14.2 Å². The van der Waals surface area contributed by atoms with E-state index in [9.17, 15) is 0 Å². The minimum absolute atomic E-state index is 0.527. The molecule has 5 heteroatoms. The third-order valence-electron chi connectivity index (χ3n) is 4.17. The Bertz CT molecular complexity index is 772. The van der Waals surface area contributed by atoms with Crippen LogP contribution >= 0.6 is 31.9 Å². The summed E-state index contributed by atoms with van der Waals surface area (Å²) in [6.07, 6.45) is 8.01. The van der Waals surface area contributed by atoms with Gasteiger partial charge in [-0.3, -0.25) is 0 Å². The minimum Gasteiger partial charge on any atom is -0.496 e. The van der Waals surface area contributed by atoms with Crippen LogP contribution in [0.4, 0.5) is 0 Å². The van der Waals surface area contributed by atoms with Crippen molar-refractivity contribution >= 4 is 44.0 Å². The molecule has 0 aliphatic heterocycles.